The summed E-state index contributed by atoms with van der Waals surface area (Å²) in [5, 5.41) is 0.701. The van der Waals surface area contributed by atoms with Gasteiger partial charge >= 0.3 is 0 Å². The summed E-state index contributed by atoms with van der Waals surface area (Å²) in [5.74, 6) is 1.19. The molecule has 2 heterocycles. The highest BCUT2D eigenvalue weighted by molar-refractivity contribution is 6.30. The molecule has 0 atom stereocenters. The molecule has 3 rings (SSSR count). The van der Waals surface area contributed by atoms with E-state index in [9.17, 15) is 4.79 Å². The summed E-state index contributed by atoms with van der Waals surface area (Å²) in [5.41, 5.74) is 1.06. The van der Waals surface area contributed by atoms with E-state index in [1.165, 1.54) is 6.26 Å². The zero-order chi connectivity index (χ0) is 16.2. The minimum Gasteiger partial charge on any atom is -0.496 e. The lowest BCUT2D eigenvalue weighted by Gasteiger charge is -2.34. The molecule has 1 fully saturated rings. The molecule has 1 aromatic carbocycles. The van der Waals surface area contributed by atoms with E-state index in [2.05, 4.69) is 4.90 Å². The fourth-order valence-corrected chi connectivity index (χ4v) is 2.97. The van der Waals surface area contributed by atoms with Gasteiger partial charge in [-0.05, 0) is 30.3 Å². The van der Waals surface area contributed by atoms with Crippen molar-refractivity contribution in [1.29, 1.82) is 0 Å². The van der Waals surface area contributed by atoms with Gasteiger partial charge in [-0.1, -0.05) is 11.6 Å². The van der Waals surface area contributed by atoms with Crippen LogP contribution in [0.1, 0.15) is 16.1 Å². The van der Waals surface area contributed by atoms with E-state index in [1.54, 1.807) is 19.2 Å². The fraction of sp³-hybridized carbons (Fsp3) is 0.353. The molecule has 1 amide bonds. The standard InChI is InChI=1S/C17H19ClN2O3/c1-22-15-5-4-14(18)11-13(15)12-19-6-8-20(9-7-19)17(21)16-3-2-10-23-16/h2-5,10-11H,6-9,12H2,1H3. The number of piperazine rings is 1. The van der Waals surface area contributed by atoms with Crippen LogP contribution in [0.2, 0.25) is 5.02 Å². The molecule has 0 unspecified atom stereocenters. The van der Waals surface area contributed by atoms with Gasteiger partial charge in [0.25, 0.3) is 5.91 Å². The van der Waals surface area contributed by atoms with Crippen LogP contribution in [-0.2, 0) is 6.54 Å². The third-order valence-corrected chi connectivity index (χ3v) is 4.26. The third-order valence-electron chi connectivity index (χ3n) is 4.03. The highest BCUT2D eigenvalue weighted by Gasteiger charge is 2.24. The lowest BCUT2D eigenvalue weighted by molar-refractivity contribution is 0.0597. The normalized spacial score (nSPS) is 15.7. The van der Waals surface area contributed by atoms with Crippen LogP contribution in [0.25, 0.3) is 0 Å². The number of amides is 1. The number of furan rings is 1. The molecule has 0 N–H and O–H groups in total. The Labute approximate surface area is 140 Å². The van der Waals surface area contributed by atoms with Crippen molar-refractivity contribution in [3.05, 3.63) is 52.9 Å². The number of methoxy groups -OCH3 is 1. The van der Waals surface area contributed by atoms with Crippen molar-refractivity contribution in [3.8, 4) is 5.75 Å². The molecule has 1 aromatic heterocycles. The smallest absolute Gasteiger partial charge is 0.289 e. The Morgan fingerprint density at radius 3 is 2.70 bits per heavy atom. The van der Waals surface area contributed by atoms with Crippen molar-refractivity contribution in [2.45, 2.75) is 6.54 Å². The highest BCUT2D eigenvalue weighted by atomic mass is 35.5. The van der Waals surface area contributed by atoms with Gasteiger partial charge in [0.2, 0.25) is 0 Å². The molecule has 23 heavy (non-hydrogen) atoms. The summed E-state index contributed by atoms with van der Waals surface area (Å²) in [6.45, 7) is 3.74. The predicted molar refractivity (Wildman–Crippen MR) is 87.9 cm³/mol. The number of halogens is 1. The number of rotatable bonds is 4. The summed E-state index contributed by atoms with van der Waals surface area (Å²) < 4.78 is 10.6. The van der Waals surface area contributed by atoms with Crippen molar-refractivity contribution < 1.29 is 13.9 Å². The highest BCUT2D eigenvalue weighted by Crippen LogP contribution is 2.24. The molecule has 0 aliphatic carbocycles. The average molecular weight is 335 g/mol. The maximum atomic E-state index is 12.2. The van der Waals surface area contributed by atoms with Crippen LogP contribution in [0.4, 0.5) is 0 Å². The van der Waals surface area contributed by atoms with Crippen molar-refractivity contribution in [3.63, 3.8) is 0 Å². The average Bonchev–Trinajstić information content (AvgIpc) is 3.10. The molecular weight excluding hydrogens is 316 g/mol. The van der Waals surface area contributed by atoms with E-state index >= 15 is 0 Å². The number of hydrogen-bond donors (Lipinski definition) is 0. The van der Waals surface area contributed by atoms with Crippen molar-refractivity contribution in [1.82, 2.24) is 9.80 Å². The van der Waals surface area contributed by atoms with Crippen molar-refractivity contribution in [2.24, 2.45) is 0 Å². The monoisotopic (exact) mass is 334 g/mol. The molecule has 2 aromatic rings. The molecule has 0 radical (unpaired) electrons. The molecule has 0 spiro atoms. The van der Waals surface area contributed by atoms with Crippen molar-refractivity contribution in [2.75, 3.05) is 33.3 Å². The van der Waals surface area contributed by atoms with Gasteiger partial charge in [0, 0.05) is 43.3 Å². The molecule has 6 heteroatoms. The second kappa shape index (κ2) is 7.06. The van der Waals surface area contributed by atoms with Gasteiger partial charge in [0.15, 0.2) is 5.76 Å². The molecule has 5 nitrogen and oxygen atoms in total. The molecule has 122 valence electrons. The molecule has 0 bridgehead atoms. The van der Waals surface area contributed by atoms with Crippen LogP contribution in [0, 0.1) is 0 Å². The summed E-state index contributed by atoms with van der Waals surface area (Å²) in [6.07, 6.45) is 1.52. The Bertz CT molecular complexity index is 664. The van der Waals surface area contributed by atoms with Gasteiger partial charge in [-0.3, -0.25) is 9.69 Å². The summed E-state index contributed by atoms with van der Waals surface area (Å²) in [7, 11) is 1.66. The second-order valence-electron chi connectivity index (χ2n) is 5.50. The van der Waals surface area contributed by atoms with Gasteiger partial charge in [0.05, 0.1) is 13.4 Å². The van der Waals surface area contributed by atoms with E-state index in [1.807, 2.05) is 23.1 Å². The van der Waals surface area contributed by atoms with Crippen LogP contribution in [0.5, 0.6) is 5.75 Å². The summed E-state index contributed by atoms with van der Waals surface area (Å²) in [4.78, 5) is 16.4. The van der Waals surface area contributed by atoms with Crippen LogP contribution in [-0.4, -0.2) is 49.0 Å². The Morgan fingerprint density at radius 1 is 1.26 bits per heavy atom. The van der Waals surface area contributed by atoms with Gasteiger partial charge in [0.1, 0.15) is 5.75 Å². The van der Waals surface area contributed by atoms with E-state index < -0.39 is 0 Å². The first-order chi connectivity index (χ1) is 11.2. The fourth-order valence-electron chi connectivity index (χ4n) is 2.78. The Hall–Kier alpha value is -1.98. The molecule has 1 aliphatic rings. The van der Waals surface area contributed by atoms with E-state index in [-0.39, 0.29) is 5.91 Å². The molecule has 0 saturated carbocycles. The van der Waals surface area contributed by atoms with Gasteiger partial charge in [-0.15, -0.1) is 0 Å². The first-order valence-corrected chi connectivity index (χ1v) is 7.92. The Balaban J connectivity index is 1.59. The lowest BCUT2D eigenvalue weighted by atomic mass is 10.1. The summed E-state index contributed by atoms with van der Waals surface area (Å²) >= 11 is 6.08. The van der Waals surface area contributed by atoms with E-state index in [4.69, 9.17) is 20.8 Å². The maximum Gasteiger partial charge on any atom is 0.289 e. The molecular formula is C17H19ClN2O3. The number of carbonyl (C=O) groups excluding carboxylic acids is 1. The molecule has 1 aliphatic heterocycles. The first-order valence-electron chi connectivity index (χ1n) is 7.55. The van der Waals surface area contributed by atoms with Crippen LogP contribution in [0.15, 0.2) is 41.0 Å². The van der Waals surface area contributed by atoms with Crippen LogP contribution >= 0.6 is 11.6 Å². The predicted octanol–water partition coefficient (Wildman–Crippen LogP) is 2.90. The topological polar surface area (TPSA) is 45.9 Å². The number of hydrogen-bond acceptors (Lipinski definition) is 4. The first kappa shape index (κ1) is 15.9. The van der Waals surface area contributed by atoms with Gasteiger partial charge in [-0.2, -0.15) is 0 Å². The second-order valence-corrected chi connectivity index (χ2v) is 5.94. The minimum atomic E-state index is -0.0463. The minimum absolute atomic E-state index is 0.0463. The maximum absolute atomic E-state index is 12.2. The van der Waals surface area contributed by atoms with Crippen LogP contribution in [0.3, 0.4) is 0 Å². The summed E-state index contributed by atoms with van der Waals surface area (Å²) in [6, 6.07) is 9.07. The van der Waals surface area contributed by atoms with Gasteiger partial charge < -0.3 is 14.1 Å². The Morgan fingerprint density at radius 2 is 2.04 bits per heavy atom. The van der Waals surface area contributed by atoms with Crippen molar-refractivity contribution >= 4 is 17.5 Å². The largest absolute Gasteiger partial charge is 0.496 e. The van der Waals surface area contributed by atoms with Gasteiger partial charge in [-0.25, -0.2) is 0 Å². The van der Waals surface area contributed by atoms with Crippen LogP contribution < -0.4 is 4.74 Å². The zero-order valence-corrected chi connectivity index (χ0v) is 13.8. The van der Waals surface area contributed by atoms with E-state index in [0.29, 0.717) is 23.9 Å². The quantitative estimate of drug-likeness (QED) is 0.862. The molecule has 1 saturated heterocycles. The number of benzene rings is 1. The van der Waals surface area contributed by atoms with E-state index in [0.717, 1.165) is 30.9 Å². The number of carbonyl (C=O) groups is 1. The lowest BCUT2D eigenvalue weighted by Crippen LogP contribution is -2.48. The number of ether oxygens (including phenoxy) is 1. The third kappa shape index (κ3) is 3.68. The Kier molecular flexibility index (Phi) is 4.88. The zero-order valence-electron chi connectivity index (χ0n) is 13.0. The SMILES string of the molecule is COc1ccc(Cl)cc1CN1CCN(C(=O)c2ccco2)CC1. The number of nitrogens with zero attached hydrogens (tertiary/aromatic N) is 2.